The summed E-state index contributed by atoms with van der Waals surface area (Å²) in [6.45, 7) is 7.44. The molecule has 0 saturated heterocycles. The number of aromatic nitrogens is 2. The number of benzene rings is 1. The number of aryl methyl sites for hydroxylation is 1. The molecular weight excluding hydrogens is 266 g/mol. The molecule has 2 N–H and O–H groups in total. The molecule has 0 aliphatic heterocycles. The number of rotatable bonds is 5. The molecular formula is C16H21N3O2. The van der Waals surface area contributed by atoms with E-state index in [0.717, 1.165) is 12.1 Å². The Balaban J connectivity index is 2.30. The Bertz CT molecular complexity index is 660. The third-order valence-electron chi connectivity index (χ3n) is 3.11. The van der Waals surface area contributed by atoms with Gasteiger partial charge in [-0.15, -0.1) is 0 Å². The Hall–Kier alpha value is -2.14. The first kappa shape index (κ1) is 15.3. The van der Waals surface area contributed by atoms with Crippen molar-refractivity contribution in [2.75, 3.05) is 6.54 Å². The second-order valence-electron chi connectivity index (χ2n) is 5.59. The van der Waals surface area contributed by atoms with Crippen LogP contribution in [0.15, 0.2) is 35.1 Å². The molecule has 0 saturated carbocycles. The molecule has 5 heteroatoms. The lowest BCUT2D eigenvalue weighted by Gasteiger charge is -2.11. The minimum absolute atomic E-state index is 0.0698. The quantitative estimate of drug-likeness (QED) is 0.882. The molecule has 0 unspecified atom stereocenters. The summed E-state index contributed by atoms with van der Waals surface area (Å²) in [5, 5.41) is 17.3. The number of nitrogens with zero attached hydrogens (tertiary/aromatic N) is 2. The predicted octanol–water partition coefficient (Wildman–Crippen LogP) is 1.99. The van der Waals surface area contributed by atoms with E-state index < -0.39 is 0 Å². The van der Waals surface area contributed by atoms with Gasteiger partial charge in [-0.3, -0.25) is 4.79 Å². The molecule has 2 rings (SSSR count). The normalized spacial score (nSPS) is 11.0. The highest BCUT2D eigenvalue weighted by Gasteiger charge is 2.09. The molecule has 5 nitrogen and oxygen atoms in total. The second-order valence-corrected chi connectivity index (χ2v) is 5.59. The molecule has 1 aromatic heterocycles. The fourth-order valence-corrected chi connectivity index (χ4v) is 1.96. The van der Waals surface area contributed by atoms with E-state index in [2.05, 4.69) is 24.3 Å². The van der Waals surface area contributed by atoms with Crippen LogP contribution in [0.1, 0.15) is 25.1 Å². The first-order valence-electron chi connectivity index (χ1n) is 7.07. The van der Waals surface area contributed by atoms with Crippen molar-refractivity contribution in [3.05, 3.63) is 51.9 Å². The van der Waals surface area contributed by atoms with Crippen LogP contribution in [0, 0.1) is 12.8 Å². The van der Waals surface area contributed by atoms with Gasteiger partial charge in [0.1, 0.15) is 11.4 Å². The van der Waals surface area contributed by atoms with Crippen LogP contribution < -0.4 is 10.9 Å². The van der Waals surface area contributed by atoms with Gasteiger partial charge in [-0.1, -0.05) is 31.5 Å². The van der Waals surface area contributed by atoms with Gasteiger partial charge in [-0.2, -0.15) is 9.78 Å². The smallest absolute Gasteiger partial charge is 0.275 e. The number of nitrogens with one attached hydrogen (secondary N) is 1. The monoisotopic (exact) mass is 287 g/mol. The summed E-state index contributed by atoms with van der Waals surface area (Å²) >= 11 is 0. The zero-order valence-electron chi connectivity index (χ0n) is 12.6. The van der Waals surface area contributed by atoms with E-state index in [4.69, 9.17) is 0 Å². The highest BCUT2D eigenvalue weighted by atomic mass is 16.3. The predicted molar refractivity (Wildman–Crippen MR) is 82.8 cm³/mol. The van der Waals surface area contributed by atoms with Crippen molar-refractivity contribution >= 4 is 0 Å². The van der Waals surface area contributed by atoms with E-state index in [-0.39, 0.29) is 11.3 Å². The first-order chi connectivity index (χ1) is 9.97. The van der Waals surface area contributed by atoms with Crippen molar-refractivity contribution in [3.63, 3.8) is 0 Å². The van der Waals surface area contributed by atoms with Crippen molar-refractivity contribution in [1.82, 2.24) is 15.1 Å². The van der Waals surface area contributed by atoms with Crippen LogP contribution >= 0.6 is 0 Å². The van der Waals surface area contributed by atoms with E-state index in [1.54, 1.807) is 0 Å². The van der Waals surface area contributed by atoms with Crippen LogP contribution in [0.25, 0.3) is 5.69 Å². The van der Waals surface area contributed by atoms with Crippen LogP contribution in [0.5, 0.6) is 5.75 Å². The van der Waals surface area contributed by atoms with Gasteiger partial charge >= 0.3 is 0 Å². The van der Waals surface area contributed by atoms with Crippen molar-refractivity contribution in [1.29, 1.82) is 0 Å². The fraction of sp³-hybridized carbons (Fsp3) is 0.375. The minimum Gasteiger partial charge on any atom is -0.506 e. The maximum atomic E-state index is 12.0. The first-order valence-corrected chi connectivity index (χ1v) is 7.07. The Morgan fingerprint density at radius 3 is 2.57 bits per heavy atom. The SMILES string of the molecule is Cc1ccc(-n2nc(CNCC(C)C)c(O)cc2=O)cc1. The molecule has 0 aliphatic carbocycles. The standard InChI is InChI=1S/C16H21N3O2/c1-11(2)9-17-10-14-15(20)8-16(21)19(18-14)13-6-4-12(3)5-7-13/h4-8,11,17,20H,9-10H2,1-3H3. The Labute approximate surface area is 124 Å². The summed E-state index contributed by atoms with van der Waals surface area (Å²) in [6.07, 6.45) is 0. The summed E-state index contributed by atoms with van der Waals surface area (Å²) in [6, 6.07) is 8.73. The van der Waals surface area contributed by atoms with Crippen molar-refractivity contribution in [2.24, 2.45) is 5.92 Å². The molecule has 0 radical (unpaired) electrons. The van der Waals surface area contributed by atoms with E-state index in [0.29, 0.717) is 23.8 Å². The van der Waals surface area contributed by atoms with Gasteiger partial charge in [0.2, 0.25) is 0 Å². The van der Waals surface area contributed by atoms with Gasteiger partial charge in [-0.05, 0) is 31.5 Å². The Morgan fingerprint density at radius 1 is 1.29 bits per heavy atom. The Kier molecular flexibility index (Phi) is 4.75. The lowest BCUT2D eigenvalue weighted by molar-refractivity contribution is 0.447. The van der Waals surface area contributed by atoms with Gasteiger partial charge in [0.05, 0.1) is 5.69 Å². The fourth-order valence-electron chi connectivity index (χ4n) is 1.96. The molecule has 0 spiro atoms. The minimum atomic E-state index is -0.344. The molecule has 0 atom stereocenters. The molecule has 2 aromatic rings. The molecule has 112 valence electrons. The van der Waals surface area contributed by atoms with Gasteiger partial charge in [0, 0.05) is 12.6 Å². The van der Waals surface area contributed by atoms with Crippen LogP contribution in [-0.4, -0.2) is 21.4 Å². The third-order valence-corrected chi connectivity index (χ3v) is 3.11. The van der Waals surface area contributed by atoms with E-state index in [1.165, 1.54) is 10.7 Å². The van der Waals surface area contributed by atoms with E-state index >= 15 is 0 Å². The molecule has 0 bridgehead atoms. The van der Waals surface area contributed by atoms with Crippen LogP contribution in [0.2, 0.25) is 0 Å². The largest absolute Gasteiger partial charge is 0.506 e. The number of hydrogen-bond acceptors (Lipinski definition) is 4. The Morgan fingerprint density at radius 2 is 1.95 bits per heavy atom. The van der Waals surface area contributed by atoms with Crippen LogP contribution in [-0.2, 0) is 6.54 Å². The van der Waals surface area contributed by atoms with Crippen LogP contribution in [0.4, 0.5) is 0 Å². The zero-order chi connectivity index (χ0) is 15.4. The summed E-state index contributed by atoms with van der Waals surface area (Å²) in [4.78, 5) is 12.0. The molecule has 1 aromatic carbocycles. The third kappa shape index (κ3) is 3.92. The molecule has 1 heterocycles. The highest BCUT2D eigenvalue weighted by Crippen LogP contribution is 2.13. The average Bonchev–Trinajstić information content (AvgIpc) is 2.42. The average molecular weight is 287 g/mol. The second kappa shape index (κ2) is 6.54. The maximum absolute atomic E-state index is 12.0. The van der Waals surface area contributed by atoms with Crippen molar-refractivity contribution in [3.8, 4) is 11.4 Å². The summed E-state index contributed by atoms with van der Waals surface area (Å²) < 4.78 is 1.31. The van der Waals surface area contributed by atoms with E-state index in [1.807, 2.05) is 31.2 Å². The lowest BCUT2D eigenvalue weighted by atomic mass is 10.2. The maximum Gasteiger partial charge on any atom is 0.275 e. The summed E-state index contributed by atoms with van der Waals surface area (Å²) in [5.74, 6) is 0.440. The summed E-state index contributed by atoms with van der Waals surface area (Å²) in [5.41, 5.74) is 1.93. The number of aromatic hydroxyl groups is 1. The van der Waals surface area contributed by atoms with Crippen molar-refractivity contribution in [2.45, 2.75) is 27.3 Å². The van der Waals surface area contributed by atoms with Gasteiger partial charge < -0.3 is 10.4 Å². The zero-order valence-corrected chi connectivity index (χ0v) is 12.6. The van der Waals surface area contributed by atoms with Crippen molar-refractivity contribution < 1.29 is 5.11 Å². The molecule has 0 aliphatic rings. The van der Waals surface area contributed by atoms with Gasteiger partial charge in [0.15, 0.2) is 0 Å². The van der Waals surface area contributed by atoms with E-state index in [9.17, 15) is 9.90 Å². The van der Waals surface area contributed by atoms with Crippen LogP contribution in [0.3, 0.4) is 0 Å². The lowest BCUT2D eigenvalue weighted by Crippen LogP contribution is -2.25. The van der Waals surface area contributed by atoms with Gasteiger partial charge in [-0.25, -0.2) is 0 Å². The van der Waals surface area contributed by atoms with Gasteiger partial charge in [0.25, 0.3) is 5.56 Å². The highest BCUT2D eigenvalue weighted by molar-refractivity contribution is 5.35. The molecule has 0 fully saturated rings. The summed E-state index contributed by atoms with van der Waals surface area (Å²) in [7, 11) is 0. The molecule has 21 heavy (non-hydrogen) atoms. The number of hydrogen-bond donors (Lipinski definition) is 2. The molecule has 0 amide bonds. The topological polar surface area (TPSA) is 67.2 Å².